The lowest BCUT2D eigenvalue weighted by atomic mass is 10.2. The van der Waals surface area contributed by atoms with Crippen molar-refractivity contribution in [3.63, 3.8) is 0 Å². The lowest BCUT2D eigenvalue weighted by Crippen LogP contribution is -2.22. The number of nitrogens with zero attached hydrogens (tertiary/aromatic N) is 3. The first kappa shape index (κ1) is 17.9. The minimum atomic E-state index is -0.429. The number of nitrogens with one attached hydrogen (secondary N) is 1. The second kappa shape index (κ2) is 8.44. The smallest absolute Gasteiger partial charge is 0.269 e. The van der Waals surface area contributed by atoms with Crippen molar-refractivity contribution in [3.8, 4) is 0 Å². The Balaban J connectivity index is 2.04. The van der Waals surface area contributed by atoms with E-state index in [4.69, 9.17) is 0 Å². The van der Waals surface area contributed by atoms with Crippen LogP contribution in [0.15, 0.2) is 52.0 Å². The molecule has 0 saturated carbocycles. The highest BCUT2D eigenvalue weighted by molar-refractivity contribution is 9.10. The van der Waals surface area contributed by atoms with Gasteiger partial charge in [0.2, 0.25) is 0 Å². The zero-order valence-corrected chi connectivity index (χ0v) is 15.2. The molecule has 0 aliphatic rings. The van der Waals surface area contributed by atoms with E-state index in [1.165, 1.54) is 12.1 Å². The Labute approximate surface area is 149 Å². The van der Waals surface area contributed by atoms with Crippen LogP contribution in [0.1, 0.15) is 19.4 Å². The molecule has 0 aromatic heterocycles. The Hall–Kier alpha value is -2.41. The molecule has 126 valence electrons. The van der Waals surface area contributed by atoms with E-state index in [1.807, 2.05) is 12.1 Å². The first-order valence-electron chi connectivity index (χ1n) is 7.63. The van der Waals surface area contributed by atoms with Gasteiger partial charge < -0.3 is 4.90 Å². The first-order valence-corrected chi connectivity index (χ1v) is 8.42. The van der Waals surface area contributed by atoms with Crippen molar-refractivity contribution < 1.29 is 4.92 Å². The summed E-state index contributed by atoms with van der Waals surface area (Å²) in [4.78, 5) is 12.4. The molecule has 6 nitrogen and oxygen atoms in total. The molecule has 0 heterocycles. The molecule has 0 unspecified atom stereocenters. The molecule has 24 heavy (non-hydrogen) atoms. The molecule has 7 heteroatoms. The van der Waals surface area contributed by atoms with Crippen molar-refractivity contribution in [3.05, 3.63) is 62.6 Å². The molecule has 0 atom stereocenters. The number of benzene rings is 2. The van der Waals surface area contributed by atoms with Crippen LogP contribution in [0.25, 0.3) is 0 Å². The van der Waals surface area contributed by atoms with Crippen molar-refractivity contribution in [1.82, 2.24) is 0 Å². The monoisotopic (exact) mass is 390 g/mol. The number of hydrazone groups is 1. The molecule has 0 spiro atoms. The molecule has 2 aromatic rings. The van der Waals surface area contributed by atoms with Gasteiger partial charge in [-0.05, 0) is 59.6 Å². The Morgan fingerprint density at radius 1 is 1.21 bits per heavy atom. The third-order valence-corrected chi connectivity index (χ3v) is 4.20. The van der Waals surface area contributed by atoms with E-state index in [9.17, 15) is 10.1 Å². The standard InChI is InChI=1S/C17H19BrN4O2/c1-3-21(4-2)17-10-5-13(11-16(17)18)12-19-20-14-6-8-15(9-7-14)22(23)24/h5-12,20H,3-4H2,1-2H3. The summed E-state index contributed by atoms with van der Waals surface area (Å²) in [6.07, 6.45) is 1.71. The second-order valence-corrected chi connectivity index (χ2v) is 5.91. The minimum absolute atomic E-state index is 0.0560. The highest BCUT2D eigenvalue weighted by Crippen LogP contribution is 2.26. The Bertz CT molecular complexity index is 728. The molecule has 2 rings (SSSR count). The number of nitro benzene ring substituents is 1. The zero-order valence-electron chi connectivity index (χ0n) is 13.6. The summed E-state index contributed by atoms with van der Waals surface area (Å²) in [7, 11) is 0. The van der Waals surface area contributed by atoms with Crippen molar-refractivity contribution >= 4 is 39.2 Å². The summed E-state index contributed by atoms with van der Waals surface area (Å²) in [5.74, 6) is 0. The maximum Gasteiger partial charge on any atom is 0.269 e. The van der Waals surface area contributed by atoms with Crippen LogP contribution in [0.2, 0.25) is 0 Å². The molecule has 0 aliphatic carbocycles. The molecule has 2 aromatic carbocycles. The molecule has 0 bridgehead atoms. The Morgan fingerprint density at radius 2 is 1.88 bits per heavy atom. The van der Waals surface area contributed by atoms with Gasteiger partial charge >= 0.3 is 0 Å². The van der Waals surface area contributed by atoms with Gasteiger partial charge in [-0.3, -0.25) is 15.5 Å². The Kier molecular flexibility index (Phi) is 6.31. The molecule has 1 N–H and O–H groups in total. The number of halogens is 1. The fraction of sp³-hybridized carbons (Fsp3) is 0.235. The second-order valence-electron chi connectivity index (χ2n) is 5.06. The van der Waals surface area contributed by atoms with Gasteiger partial charge in [0.1, 0.15) is 0 Å². The number of hydrogen-bond donors (Lipinski definition) is 1. The lowest BCUT2D eigenvalue weighted by molar-refractivity contribution is -0.384. The van der Waals surface area contributed by atoms with Gasteiger partial charge in [-0.2, -0.15) is 5.10 Å². The van der Waals surface area contributed by atoms with E-state index in [0.717, 1.165) is 28.8 Å². The van der Waals surface area contributed by atoms with Crippen LogP contribution in [0, 0.1) is 10.1 Å². The van der Waals surface area contributed by atoms with E-state index < -0.39 is 4.92 Å². The summed E-state index contributed by atoms with van der Waals surface area (Å²) >= 11 is 3.60. The highest BCUT2D eigenvalue weighted by Gasteiger charge is 2.06. The summed E-state index contributed by atoms with van der Waals surface area (Å²) in [6, 6.07) is 12.2. The predicted molar refractivity (Wildman–Crippen MR) is 102 cm³/mol. The largest absolute Gasteiger partial charge is 0.371 e. The molecular formula is C17H19BrN4O2. The SMILES string of the molecule is CCN(CC)c1ccc(C=NNc2ccc([N+](=O)[O-])cc2)cc1Br. The molecule has 0 aliphatic heterocycles. The number of nitro groups is 1. The fourth-order valence-corrected chi connectivity index (χ4v) is 2.91. The van der Waals surface area contributed by atoms with Gasteiger partial charge in [-0.15, -0.1) is 0 Å². The quantitative estimate of drug-likeness (QED) is 0.424. The summed E-state index contributed by atoms with van der Waals surface area (Å²) in [6.45, 7) is 6.15. The summed E-state index contributed by atoms with van der Waals surface area (Å²) in [5, 5.41) is 14.8. The number of rotatable bonds is 7. The number of non-ortho nitro benzene ring substituents is 1. The van der Waals surface area contributed by atoms with E-state index in [2.05, 4.69) is 51.3 Å². The van der Waals surface area contributed by atoms with Crippen LogP contribution in [-0.2, 0) is 0 Å². The van der Waals surface area contributed by atoms with Gasteiger partial charge in [0.05, 0.1) is 22.5 Å². The fourth-order valence-electron chi connectivity index (χ4n) is 2.26. The summed E-state index contributed by atoms with van der Waals surface area (Å²) < 4.78 is 1.02. The predicted octanol–water partition coefficient (Wildman–Crippen LogP) is 4.65. The summed E-state index contributed by atoms with van der Waals surface area (Å²) in [5.41, 5.74) is 5.71. The van der Waals surface area contributed by atoms with Gasteiger partial charge in [0.15, 0.2) is 0 Å². The van der Waals surface area contributed by atoms with E-state index >= 15 is 0 Å². The van der Waals surface area contributed by atoms with Gasteiger partial charge in [0, 0.05) is 29.7 Å². The average molecular weight is 391 g/mol. The third kappa shape index (κ3) is 4.55. The van der Waals surface area contributed by atoms with E-state index in [1.54, 1.807) is 18.3 Å². The van der Waals surface area contributed by atoms with Crippen molar-refractivity contribution in [2.24, 2.45) is 5.10 Å². The average Bonchev–Trinajstić information content (AvgIpc) is 2.58. The van der Waals surface area contributed by atoms with Crippen molar-refractivity contribution in [2.75, 3.05) is 23.4 Å². The van der Waals surface area contributed by atoms with Crippen LogP contribution in [0.3, 0.4) is 0 Å². The topological polar surface area (TPSA) is 70.8 Å². The molecule has 0 fully saturated rings. The van der Waals surface area contributed by atoms with E-state index in [-0.39, 0.29) is 5.69 Å². The maximum atomic E-state index is 10.6. The zero-order chi connectivity index (χ0) is 17.5. The van der Waals surface area contributed by atoms with Gasteiger partial charge in [-0.1, -0.05) is 6.07 Å². The van der Waals surface area contributed by atoms with Gasteiger partial charge in [0.25, 0.3) is 5.69 Å². The maximum absolute atomic E-state index is 10.6. The molecule has 0 radical (unpaired) electrons. The number of hydrogen-bond acceptors (Lipinski definition) is 5. The van der Waals surface area contributed by atoms with Crippen molar-refractivity contribution in [1.29, 1.82) is 0 Å². The Morgan fingerprint density at radius 3 is 2.42 bits per heavy atom. The highest BCUT2D eigenvalue weighted by atomic mass is 79.9. The van der Waals surface area contributed by atoms with E-state index in [0.29, 0.717) is 5.69 Å². The molecule has 0 saturated heterocycles. The minimum Gasteiger partial charge on any atom is -0.371 e. The number of anilines is 2. The molecule has 0 amide bonds. The third-order valence-electron chi connectivity index (χ3n) is 3.56. The van der Waals surface area contributed by atoms with Crippen LogP contribution in [0.4, 0.5) is 17.1 Å². The normalized spacial score (nSPS) is 10.8. The van der Waals surface area contributed by atoms with Crippen LogP contribution in [-0.4, -0.2) is 24.2 Å². The van der Waals surface area contributed by atoms with Gasteiger partial charge in [-0.25, -0.2) is 0 Å². The van der Waals surface area contributed by atoms with Crippen LogP contribution < -0.4 is 10.3 Å². The van der Waals surface area contributed by atoms with Crippen LogP contribution in [0.5, 0.6) is 0 Å². The van der Waals surface area contributed by atoms with Crippen molar-refractivity contribution in [2.45, 2.75) is 13.8 Å². The van der Waals surface area contributed by atoms with Crippen LogP contribution >= 0.6 is 15.9 Å². The lowest BCUT2D eigenvalue weighted by Gasteiger charge is -2.22. The first-order chi connectivity index (χ1) is 11.5. The molecular weight excluding hydrogens is 372 g/mol.